The molecule has 2 aromatic rings. The molecule has 0 unspecified atom stereocenters. The van der Waals surface area contributed by atoms with Crippen LogP contribution in [0.25, 0.3) is 0 Å². The van der Waals surface area contributed by atoms with Gasteiger partial charge in [0.15, 0.2) is 0 Å². The van der Waals surface area contributed by atoms with Crippen LogP contribution in [0.15, 0.2) is 18.2 Å². The van der Waals surface area contributed by atoms with Gasteiger partial charge in [0.25, 0.3) is 0 Å². The molecule has 0 bridgehead atoms. The van der Waals surface area contributed by atoms with E-state index in [-0.39, 0.29) is 12.0 Å². The third-order valence-corrected chi connectivity index (χ3v) is 2.66. The van der Waals surface area contributed by atoms with Crippen LogP contribution in [0.4, 0.5) is 17.6 Å². The Morgan fingerprint density at radius 1 is 1.05 bits per heavy atom. The van der Waals surface area contributed by atoms with E-state index in [1.165, 1.54) is 0 Å². The number of anilines is 3. The minimum Gasteiger partial charge on any atom is -0.463 e. The average molecular weight is 288 g/mol. The van der Waals surface area contributed by atoms with Crippen molar-refractivity contribution < 1.29 is 4.74 Å². The van der Waals surface area contributed by atoms with Gasteiger partial charge in [-0.3, -0.25) is 5.43 Å². The van der Waals surface area contributed by atoms with Crippen LogP contribution < -0.4 is 21.3 Å². The zero-order valence-corrected chi connectivity index (χ0v) is 12.5. The van der Waals surface area contributed by atoms with E-state index in [1.807, 2.05) is 32.9 Å². The molecular weight excluding hydrogens is 268 g/mol. The largest absolute Gasteiger partial charge is 0.463 e. The molecule has 0 atom stereocenters. The molecule has 1 aromatic heterocycles. The van der Waals surface area contributed by atoms with Crippen molar-refractivity contribution in [3.05, 3.63) is 29.3 Å². The summed E-state index contributed by atoms with van der Waals surface area (Å²) in [4.78, 5) is 12.4. The maximum Gasteiger partial charge on any atom is 0.323 e. The molecular formula is C14H20N6O. The molecule has 0 aliphatic carbocycles. The minimum absolute atomic E-state index is 0.242. The van der Waals surface area contributed by atoms with Crippen LogP contribution in [0.2, 0.25) is 0 Å². The summed E-state index contributed by atoms with van der Waals surface area (Å²) >= 11 is 0. The van der Waals surface area contributed by atoms with Crippen molar-refractivity contribution in [3.63, 3.8) is 0 Å². The first-order valence-corrected chi connectivity index (χ1v) is 6.81. The predicted octanol–water partition coefficient (Wildman–Crippen LogP) is 2.31. The highest BCUT2D eigenvalue weighted by atomic mass is 16.5. The molecule has 0 aliphatic heterocycles. The lowest BCUT2D eigenvalue weighted by molar-refractivity contribution is 0.292. The Kier molecular flexibility index (Phi) is 4.89. The number of nitrogens with one attached hydrogen (secondary N) is 2. The predicted molar refractivity (Wildman–Crippen MR) is 82.6 cm³/mol. The first-order valence-electron chi connectivity index (χ1n) is 6.81. The van der Waals surface area contributed by atoms with Gasteiger partial charge in [-0.15, -0.1) is 0 Å². The molecule has 0 saturated carbocycles. The van der Waals surface area contributed by atoms with Gasteiger partial charge in [-0.05, 0) is 43.5 Å². The standard InChI is InChI=1S/C14H20N6O/c1-4-5-21-14-18-12(17-13(19-14)20-15)16-11-7-9(2)6-10(3)8-11/h6-8H,4-5,15H2,1-3H3,(H2,16,17,18,19,20). The number of nitrogen functional groups attached to an aromatic ring is 1. The summed E-state index contributed by atoms with van der Waals surface area (Å²) in [5, 5.41) is 3.14. The highest BCUT2D eigenvalue weighted by Crippen LogP contribution is 2.19. The molecule has 7 nitrogen and oxygen atoms in total. The molecule has 1 aromatic carbocycles. The van der Waals surface area contributed by atoms with Crippen LogP contribution >= 0.6 is 0 Å². The molecule has 0 aliphatic rings. The van der Waals surface area contributed by atoms with Crippen LogP contribution in [0.3, 0.4) is 0 Å². The van der Waals surface area contributed by atoms with E-state index in [9.17, 15) is 0 Å². The van der Waals surface area contributed by atoms with Crippen LogP contribution in [-0.2, 0) is 0 Å². The van der Waals surface area contributed by atoms with E-state index in [0.29, 0.717) is 12.6 Å². The second-order valence-electron chi connectivity index (χ2n) is 4.76. The number of hydrogen-bond donors (Lipinski definition) is 3. The van der Waals surface area contributed by atoms with Gasteiger partial charge in [0, 0.05) is 5.69 Å². The van der Waals surface area contributed by atoms with Gasteiger partial charge in [0.2, 0.25) is 11.9 Å². The molecule has 1 heterocycles. The Morgan fingerprint density at radius 2 is 1.71 bits per heavy atom. The molecule has 7 heteroatoms. The minimum atomic E-state index is 0.242. The summed E-state index contributed by atoms with van der Waals surface area (Å²) in [7, 11) is 0. The number of benzene rings is 1. The van der Waals surface area contributed by atoms with Gasteiger partial charge in [-0.1, -0.05) is 13.0 Å². The third kappa shape index (κ3) is 4.28. The lowest BCUT2D eigenvalue weighted by Gasteiger charge is -2.10. The lowest BCUT2D eigenvalue weighted by atomic mass is 10.1. The van der Waals surface area contributed by atoms with Crippen LogP contribution in [0.1, 0.15) is 24.5 Å². The fraction of sp³-hybridized carbons (Fsp3) is 0.357. The van der Waals surface area contributed by atoms with Gasteiger partial charge >= 0.3 is 6.01 Å². The van der Waals surface area contributed by atoms with Crippen LogP contribution in [0, 0.1) is 13.8 Å². The maximum absolute atomic E-state index is 5.43. The number of ether oxygens (including phenoxy) is 1. The van der Waals surface area contributed by atoms with Gasteiger partial charge < -0.3 is 10.1 Å². The van der Waals surface area contributed by atoms with Gasteiger partial charge in [0.1, 0.15) is 0 Å². The summed E-state index contributed by atoms with van der Waals surface area (Å²) < 4.78 is 5.43. The van der Waals surface area contributed by atoms with E-state index < -0.39 is 0 Å². The van der Waals surface area contributed by atoms with Gasteiger partial charge in [0.05, 0.1) is 6.61 Å². The second-order valence-corrected chi connectivity index (χ2v) is 4.76. The summed E-state index contributed by atoms with van der Waals surface area (Å²) in [6, 6.07) is 6.37. The van der Waals surface area contributed by atoms with E-state index in [1.54, 1.807) is 0 Å². The number of nitrogens with zero attached hydrogens (tertiary/aromatic N) is 3. The molecule has 0 spiro atoms. The average Bonchev–Trinajstić information content (AvgIpc) is 2.43. The third-order valence-electron chi connectivity index (χ3n) is 2.66. The molecule has 0 saturated heterocycles. The molecule has 0 radical (unpaired) electrons. The molecule has 21 heavy (non-hydrogen) atoms. The Bertz CT molecular complexity index is 596. The monoisotopic (exact) mass is 288 g/mol. The number of aromatic nitrogens is 3. The normalized spacial score (nSPS) is 10.3. The van der Waals surface area contributed by atoms with E-state index in [4.69, 9.17) is 10.6 Å². The zero-order valence-electron chi connectivity index (χ0n) is 12.5. The molecule has 4 N–H and O–H groups in total. The Morgan fingerprint density at radius 3 is 2.33 bits per heavy atom. The zero-order chi connectivity index (χ0) is 15.2. The van der Waals surface area contributed by atoms with Gasteiger partial charge in [-0.2, -0.15) is 15.0 Å². The van der Waals surface area contributed by atoms with Crippen molar-refractivity contribution >= 4 is 17.6 Å². The van der Waals surface area contributed by atoms with Crippen molar-refractivity contribution in [1.82, 2.24) is 15.0 Å². The Hall–Kier alpha value is -2.41. The smallest absolute Gasteiger partial charge is 0.323 e. The van der Waals surface area contributed by atoms with E-state index >= 15 is 0 Å². The highest BCUT2D eigenvalue weighted by molar-refractivity contribution is 5.56. The quantitative estimate of drug-likeness (QED) is 0.554. The molecule has 112 valence electrons. The number of hydrazine groups is 1. The van der Waals surface area contributed by atoms with Crippen molar-refractivity contribution in [3.8, 4) is 6.01 Å². The van der Waals surface area contributed by atoms with E-state index in [0.717, 1.165) is 23.2 Å². The van der Waals surface area contributed by atoms with Gasteiger partial charge in [-0.25, -0.2) is 5.84 Å². The summed E-state index contributed by atoms with van der Waals surface area (Å²) in [5.74, 6) is 6.01. The summed E-state index contributed by atoms with van der Waals surface area (Å²) in [5.41, 5.74) is 5.63. The first-order chi connectivity index (χ1) is 10.1. The fourth-order valence-electron chi connectivity index (χ4n) is 1.91. The second kappa shape index (κ2) is 6.85. The molecule has 2 rings (SSSR count). The lowest BCUT2D eigenvalue weighted by Crippen LogP contribution is -2.13. The molecule has 0 amide bonds. The van der Waals surface area contributed by atoms with Crippen molar-refractivity contribution in [2.45, 2.75) is 27.2 Å². The van der Waals surface area contributed by atoms with Crippen LogP contribution in [0.5, 0.6) is 6.01 Å². The Balaban J connectivity index is 2.25. The van der Waals surface area contributed by atoms with Crippen LogP contribution in [-0.4, -0.2) is 21.6 Å². The van der Waals surface area contributed by atoms with Crippen molar-refractivity contribution in [2.24, 2.45) is 5.84 Å². The van der Waals surface area contributed by atoms with Crippen molar-refractivity contribution in [1.29, 1.82) is 0 Å². The summed E-state index contributed by atoms with van der Waals surface area (Å²) in [6.07, 6.45) is 0.872. The van der Waals surface area contributed by atoms with E-state index in [2.05, 4.69) is 31.8 Å². The number of hydrogen-bond acceptors (Lipinski definition) is 7. The first kappa shape index (κ1) is 15.0. The summed E-state index contributed by atoms with van der Waals surface area (Å²) in [6.45, 7) is 6.62. The SMILES string of the molecule is CCCOc1nc(NN)nc(Nc2cc(C)cc(C)c2)n1. The topological polar surface area (TPSA) is 98.0 Å². The fourth-order valence-corrected chi connectivity index (χ4v) is 1.91. The maximum atomic E-state index is 5.43. The number of aryl methyl sites for hydroxylation is 2. The number of nitrogens with two attached hydrogens (primary N) is 1. The highest BCUT2D eigenvalue weighted by Gasteiger charge is 2.07. The number of rotatable bonds is 6. The molecule has 0 fully saturated rings. The van der Waals surface area contributed by atoms with Crippen molar-refractivity contribution in [2.75, 3.05) is 17.3 Å². The Labute approximate surface area is 123 Å².